The third-order valence-electron chi connectivity index (χ3n) is 3.85. The molecule has 8 heteroatoms. The molecule has 1 unspecified atom stereocenters. The number of carboxylic acid groups (broad SMARTS) is 1. The second-order valence-electron chi connectivity index (χ2n) is 6.03. The minimum Gasteiger partial charge on any atom is -0.478 e. The maximum Gasteiger partial charge on any atom is 0.336 e. The number of sulfone groups is 1. The topological polar surface area (TPSA) is 127 Å². The smallest absolute Gasteiger partial charge is 0.336 e. The second-order valence-corrected chi connectivity index (χ2v) is 8.06. The number of hydrogen-bond acceptors (Lipinski definition) is 5. The monoisotopic (exact) mass is 376 g/mol. The zero-order valence-electron chi connectivity index (χ0n) is 14.4. The molecule has 26 heavy (non-hydrogen) atoms. The molecule has 0 spiro atoms. The van der Waals surface area contributed by atoms with Crippen molar-refractivity contribution in [1.82, 2.24) is 5.32 Å². The summed E-state index contributed by atoms with van der Waals surface area (Å²) in [5.41, 5.74) is 6.68. The van der Waals surface area contributed by atoms with Gasteiger partial charge in [0, 0.05) is 11.7 Å². The average molecular weight is 376 g/mol. The fourth-order valence-corrected chi connectivity index (χ4v) is 4.04. The van der Waals surface area contributed by atoms with Crippen LogP contribution >= 0.6 is 0 Å². The highest BCUT2D eigenvalue weighted by Gasteiger charge is 2.22. The molecule has 0 saturated carbocycles. The summed E-state index contributed by atoms with van der Waals surface area (Å²) >= 11 is 0. The summed E-state index contributed by atoms with van der Waals surface area (Å²) in [6.45, 7) is 3.26. The predicted molar refractivity (Wildman–Crippen MR) is 98.0 cm³/mol. The summed E-state index contributed by atoms with van der Waals surface area (Å²) in [6.07, 6.45) is 0. The number of nitrogens with one attached hydrogen (secondary N) is 1. The highest BCUT2D eigenvalue weighted by Crippen LogP contribution is 2.19. The lowest BCUT2D eigenvalue weighted by molar-refractivity contribution is 0.0690. The Morgan fingerprint density at radius 2 is 1.77 bits per heavy atom. The van der Waals surface area contributed by atoms with E-state index >= 15 is 0 Å². The molecule has 2 aromatic carbocycles. The molecule has 4 N–H and O–H groups in total. The van der Waals surface area contributed by atoms with Crippen molar-refractivity contribution in [3.8, 4) is 0 Å². The Morgan fingerprint density at radius 3 is 2.35 bits per heavy atom. The van der Waals surface area contributed by atoms with Gasteiger partial charge in [0.15, 0.2) is 9.84 Å². The van der Waals surface area contributed by atoms with E-state index in [-0.39, 0.29) is 21.8 Å². The third-order valence-corrected chi connectivity index (χ3v) is 5.76. The van der Waals surface area contributed by atoms with E-state index in [1.807, 2.05) is 0 Å². The van der Waals surface area contributed by atoms with E-state index < -0.39 is 27.8 Å². The molecule has 0 aliphatic rings. The molecule has 0 heterocycles. The number of carbonyl (C=O) groups is 2. The third kappa shape index (κ3) is 4.40. The number of carbonyl (C=O) groups excluding carboxylic acids is 1. The van der Waals surface area contributed by atoms with Crippen molar-refractivity contribution in [3.63, 3.8) is 0 Å². The van der Waals surface area contributed by atoms with Gasteiger partial charge in [-0.1, -0.05) is 12.1 Å². The number of aromatic carboxylic acids is 1. The minimum absolute atomic E-state index is 0.0208. The first kappa shape index (κ1) is 19.5. The van der Waals surface area contributed by atoms with Gasteiger partial charge in [0.1, 0.15) is 0 Å². The van der Waals surface area contributed by atoms with Crippen LogP contribution in [0.1, 0.15) is 33.2 Å². The Hall–Kier alpha value is -2.87. The number of benzene rings is 2. The quantitative estimate of drug-likeness (QED) is 0.661. The van der Waals surface area contributed by atoms with Crippen LogP contribution in [-0.4, -0.2) is 37.2 Å². The Kier molecular flexibility index (Phi) is 5.66. The minimum atomic E-state index is -3.64. The number of hydrogen-bond donors (Lipinski definition) is 3. The van der Waals surface area contributed by atoms with Crippen LogP contribution < -0.4 is 11.1 Å². The summed E-state index contributed by atoms with van der Waals surface area (Å²) in [7, 11) is -3.64. The SMILES string of the molecule is Cc1cc(S(=O)(=O)CC(C)NC(=O)c2ccccc2C(=O)O)ccc1N. The van der Waals surface area contributed by atoms with Crippen molar-refractivity contribution in [2.75, 3.05) is 11.5 Å². The highest BCUT2D eigenvalue weighted by molar-refractivity contribution is 7.91. The summed E-state index contributed by atoms with van der Waals surface area (Å²) in [5, 5.41) is 11.7. The molecular weight excluding hydrogens is 356 g/mol. The number of anilines is 1. The van der Waals surface area contributed by atoms with Gasteiger partial charge < -0.3 is 16.2 Å². The van der Waals surface area contributed by atoms with Gasteiger partial charge in [-0.05, 0) is 49.7 Å². The lowest BCUT2D eigenvalue weighted by Crippen LogP contribution is -2.38. The van der Waals surface area contributed by atoms with Crippen molar-refractivity contribution in [1.29, 1.82) is 0 Å². The number of nitrogens with two attached hydrogens (primary N) is 1. The average Bonchev–Trinajstić information content (AvgIpc) is 2.56. The molecule has 2 rings (SSSR count). The molecule has 0 aliphatic heterocycles. The first-order valence-corrected chi connectivity index (χ1v) is 9.49. The molecule has 0 radical (unpaired) electrons. The van der Waals surface area contributed by atoms with E-state index in [1.165, 1.54) is 36.4 Å². The van der Waals surface area contributed by atoms with E-state index in [0.717, 1.165) is 0 Å². The van der Waals surface area contributed by atoms with Gasteiger partial charge in [-0.3, -0.25) is 4.79 Å². The Balaban J connectivity index is 2.15. The molecule has 1 atom stereocenters. The van der Waals surface area contributed by atoms with Crippen LogP contribution in [0.3, 0.4) is 0 Å². The van der Waals surface area contributed by atoms with Crippen LogP contribution in [0.25, 0.3) is 0 Å². The number of rotatable bonds is 6. The Morgan fingerprint density at radius 1 is 1.15 bits per heavy atom. The van der Waals surface area contributed by atoms with Crippen molar-refractivity contribution in [3.05, 3.63) is 59.2 Å². The highest BCUT2D eigenvalue weighted by atomic mass is 32.2. The van der Waals surface area contributed by atoms with Gasteiger partial charge >= 0.3 is 5.97 Å². The normalized spacial score (nSPS) is 12.4. The number of aryl methyl sites for hydroxylation is 1. The summed E-state index contributed by atoms with van der Waals surface area (Å²) < 4.78 is 25.0. The van der Waals surface area contributed by atoms with Crippen molar-refractivity contribution >= 4 is 27.4 Å². The van der Waals surface area contributed by atoms with Crippen molar-refractivity contribution in [2.45, 2.75) is 24.8 Å². The van der Waals surface area contributed by atoms with Crippen molar-refractivity contribution < 1.29 is 23.1 Å². The molecule has 138 valence electrons. The van der Waals surface area contributed by atoms with Gasteiger partial charge in [0.25, 0.3) is 5.91 Å². The molecule has 7 nitrogen and oxygen atoms in total. The van der Waals surface area contributed by atoms with Gasteiger partial charge in [-0.2, -0.15) is 0 Å². The molecule has 0 aliphatic carbocycles. The molecule has 1 amide bonds. The van der Waals surface area contributed by atoms with Crippen LogP contribution in [0, 0.1) is 6.92 Å². The molecule has 0 aromatic heterocycles. The van der Waals surface area contributed by atoms with E-state index in [2.05, 4.69) is 5.32 Å². The summed E-state index contributed by atoms with van der Waals surface area (Å²) in [4.78, 5) is 23.6. The van der Waals surface area contributed by atoms with E-state index in [4.69, 9.17) is 10.8 Å². The fourth-order valence-electron chi connectivity index (χ4n) is 2.48. The zero-order chi connectivity index (χ0) is 19.5. The van der Waals surface area contributed by atoms with Gasteiger partial charge in [0.2, 0.25) is 0 Å². The predicted octanol–water partition coefficient (Wildman–Crippen LogP) is 1.87. The molecular formula is C18H20N2O5S. The van der Waals surface area contributed by atoms with Crippen LogP contribution in [0.15, 0.2) is 47.4 Å². The van der Waals surface area contributed by atoms with E-state index in [0.29, 0.717) is 11.3 Å². The molecule has 2 aromatic rings. The first-order valence-electron chi connectivity index (χ1n) is 7.84. The van der Waals surface area contributed by atoms with Gasteiger partial charge in [-0.25, -0.2) is 13.2 Å². The zero-order valence-corrected chi connectivity index (χ0v) is 15.2. The Labute approximate surface area is 151 Å². The van der Waals surface area contributed by atoms with Crippen LogP contribution in [0.4, 0.5) is 5.69 Å². The van der Waals surface area contributed by atoms with E-state index in [1.54, 1.807) is 19.9 Å². The standard InChI is InChI=1S/C18H20N2O5S/c1-11-9-13(7-8-16(11)19)26(24,25)10-12(2)20-17(21)14-5-3-4-6-15(14)18(22)23/h3-9,12H,10,19H2,1-2H3,(H,20,21)(H,22,23). The van der Waals surface area contributed by atoms with Crippen LogP contribution in [0.2, 0.25) is 0 Å². The first-order chi connectivity index (χ1) is 12.1. The van der Waals surface area contributed by atoms with Gasteiger partial charge in [0.05, 0.1) is 21.8 Å². The van der Waals surface area contributed by atoms with E-state index in [9.17, 15) is 18.0 Å². The van der Waals surface area contributed by atoms with Crippen LogP contribution in [-0.2, 0) is 9.84 Å². The second kappa shape index (κ2) is 7.57. The maximum atomic E-state index is 12.5. The number of amides is 1. The molecule has 0 saturated heterocycles. The van der Waals surface area contributed by atoms with Crippen LogP contribution in [0.5, 0.6) is 0 Å². The molecule has 0 bridgehead atoms. The lowest BCUT2D eigenvalue weighted by atomic mass is 10.1. The largest absolute Gasteiger partial charge is 0.478 e. The fraction of sp³-hybridized carbons (Fsp3) is 0.222. The molecule has 0 fully saturated rings. The van der Waals surface area contributed by atoms with Crippen molar-refractivity contribution in [2.24, 2.45) is 0 Å². The number of carboxylic acids is 1. The summed E-state index contributed by atoms with van der Waals surface area (Å²) in [5.74, 6) is -2.19. The Bertz CT molecular complexity index is 954. The number of nitrogen functional groups attached to an aromatic ring is 1. The summed E-state index contributed by atoms with van der Waals surface area (Å²) in [6, 6.07) is 9.46. The van der Waals surface area contributed by atoms with Gasteiger partial charge in [-0.15, -0.1) is 0 Å². The lowest BCUT2D eigenvalue weighted by Gasteiger charge is -2.15. The maximum absolute atomic E-state index is 12.5.